The van der Waals surface area contributed by atoms with Gasteiger partial charge in [0.15, 0.2) is 0 Å². The van der Waals surface area contributed by atoms with Crippen molar-refractivity contribution in [2.24, 2.45) is 0 Å². The Morgan fingerprint density at radius 3 is 1.76 bits per heavy atom. The predicted molar refractivity (Wildman–Crippen MR) is 54.1 cm³/mol. The molecule has 0 aliphatic heterocycles. The monoisotopic (exact) mass is 295 g/mol. The van der Waals surface area contributed by atoms with Crippen molar-refractivity contribution in [2.75, 3.05) is 0 Å². The second-order valence-corrected chi connectivity index (χ2v) is 5.28. The van der Waals surface area contributed by atoms with E-state index in [-0.39, 0.29) is 21.2 Å². The number of aromatic amines is 1. The van der Waals surface area contributed by atoms with Crippen LogP contribution in [0.3, 0.4) is 0 Å². The highest BCUT2D eigenvalue weighted by molar-refractivity contribution is 8.01. The Morgan fingerprint density at radius 2 is 1.35 bits per heavy atom. The van der Waals surface area contributed by atoms with Crippen molar-refractivity contribution in [2.45, 2.75) is 34.8 Å². The lowest BCUT2D eigenvalue weighted by Crippen LogP contribution is -2.01. The number of aromatic nitrogens is 1. The van der Waals surface area contributed by atoms with Crippen molar-refractivity contribution >= 4 is 23.5 Å². The first-order chi connectivity index (χ1) is 7.49. The molecule has 9 heteroatoms. The third kappa shape index (κ3) is 4.38. The van der Waals surface area contributed by atoms with E-state index in [1.165, 1.54) is 13.8 Å². The molecule has 1 aromatic rings. The number of alkyl halides is 6. The largest absolute Gasteiger partial charge is 0.447 e. The smallest absolute Gasteiger partial charge is 0.352 e. The van der Waals surface area contributed by atoms with Crippen molar-refractivity contribution in [3.63, 3.8) is 0 Å². The minimum atomic E-state index is -4.53. The quantitative estimate of drug-likeness (QED) is 0.619. The van der Waals surface area contributed by atoms with E-state index in [1.807, 2.05) is 0 Å². The normalized spacial score (nSPS) is 13.2. The molecule has 0 atom stereocenters. The lowest BCUT2D eigenvalue weighted by Gasteiger charge is -2.06. The minimum Gasteiger partial charge on any atom is -0.352 e. The molecule has 0 radical (unpaired) electrons. The summed E-state index contributed by atoms with van der Waals surface area (Å²) in [6.45, 7) is 2.53. The standard InChI is InChI=1S/C8H7F6NS2/c1-3-5(16-7(9,10)11)4(2)15-6(3)17-8(12,13)14/h15H,1-2H3. The Hall–Kier alpha value is -0.440. The van der Waals surface area contributed by atoms with Crippen LogP contribution in [0.15, 0.2) is 9.92 Å². The van der Waals surface area contributed by atoms with Crippen LogP contribution in [0.25, 0.3) is 0 Å². The molecule has 1 nitrogen and oxygen atoms in total. The molecule has 0 saturated heterocycles. The number of aryl methyl sites for hydroxylation is 1. The molecule has 1 N–H and O–H groups in total. The SMILES string of the molecule is Cc1[nH]c(SC(F)(F)F)c(C)c1SC(F)(F)F. The predicted octanol–water partition coefficient (Wildman–Crippen LogP) is 4.86. The Bertz CT molecular complexity index is 405. The average molecular weight is 295 g/mol. The molecule has 0 bridgehead atoms. The summed E-state index contributed by atoms with van der Waals surface area (Å²) in [6, 6.07) is 0. The van der Waals surface area contributed by atoms with Gasteiger partial charge in [-0.05, 0) is 31.2 Å². The van der Waals surface area contributed by atoms with Crippen LogP contribution >= 0.6 is 23.5 Å². The second kappa shape index (κ2) is 4.68. The fourth-order valence-corrected chi connectivity index (χ4v) is 2.64. The number of hydrogen-bond donors (Lipinski definition) is 1. The lowest BCUT2D eigenvalue weighted by molar-refractivity contribution is -0.0336. The lowest BCUT2D eigenvalue weighted by atomic mass is 10.3. The zero-order valence-corrected chi connectivity index (χ0v) is 10.2. The van der Waals surface area contributed by atoms with Gasteiger partial charge in [0.05, 0.1) is 5.03 Å². The third-order valence-electron chi connectivity index (χ3n) is 1.76. The number of rotatable bonds is 2. The van der Waals surface area contributed by atoms with Gasteiger partial charge in [-0.2, -0.15) is 26.3 Å². The summed E-state index contributed by atoms with van der Waals surface area (Å²) < 4.78 is 72.8. The van der Waals surface area contributed by atoms with Crippen LogP contribution in [0.5, 0.6) is 0 Å². The van der Waals surface area contributed by atoms with Gasteiger partial charge >= 0.3 is 11.0 Å². The summed E-state index contributed by atoms with van der Waals surface area (Å²) in [5, 5.41) is -0.304. The number of halogens is 6. The van der Waals surface area contributed by atoms with Gasteiger partial charge < -0.3 is 4.98 Å². The van der Waals surface area contributed by atoms with Gasteiger partial charge in [-0.25, -0.2) is 0 Å². The van der Waals surface area contributed by atoms with Crippen molar-refractivity contribution in [1.29, 1.82) is 0 Å². The molecule has 0 spiro atoms. The summed E-state index contributed by atoms with van der Waals surface area (Å²) in [5.74, 6) is 0. The summed E-state index contributed by atoms with van der Waals surface area (Å²) in [7, 11) is 0. The van der Waals surface area contributed by atoms with E-state index >= 15 is 0 Å². The molecule has 98 valence electrons. The van der Waals surface area contributed by atoms with Gasteiger partial charge in [0.2, 0.25) is 0 Å². The van der Waals surface area contributed by atoms with Gasteiger partial charge in [0.25, 0.3) is 0 Å². The van der Waals surface area contributed by atoms with Crippen LogP contribution in [0.2, 0.25) is 0 Å². The summed E-state index contributed by atoms with van der Waals surface area (Å²) in [4.78, 5) is 2.11. The van der Waals surface area contributed by atoms with Crippen molar-refractivity contribution in [3.05, 3.63) is 11.3 Å². The Labute approximate surface area is 101 Å². The topological polar surface area (TPSA) is 15.8 Å². The average Bonchev–Trinajstić information content (AvgIpc) is 2.27. The Balaban J connectivity index is 3.02. The molecular formula is C8H7F6NS2. The van der Waals surface area contributed by atoms with E-state index in [0.29, 0.717) is 0 Å². The highest BCUT2D eigenvalue weighted by Gasteiger charge is 2.35. The van der Waals surface area contributed by atoms with E-state index < -0.39 is 34.5 Å². The van der Waals surface area contributed by atoms with Crippen LogP contribution in [0.1, 0.15) is 11.3 Å². The van der Waals surface area contributed by atoms with E-state index in [4.69, 9.17) is 0 Å². The highest BCUT2D eigenvalue weighted by Crippen LogP contribution is 2.45. The van der Waals surface area contributed by atoms with Gasteiger partial charge in [-0.1, -0.05) is 0 Å². The summed E-state index contributed by atoms with van der Waals surface area (Å²) in [6.07, 6.45) is 0. The van der Waals surface area contributed by atoms with Crippen LogP contribution in [0.4, 0.5) is 26.3 Å². The van der Waals surface area contributed by atoms with Crippen molar-refractivity contribution in [1.82, 2.24) is 4.98 Å². The molecule has 0 aliphatic rings. The van der Waals surface area contributed by atoms with Gasteiger partial charge in [-0.15, -0.1) is 0 Å². The van der Waals surface area contributed by atoms with Gasteiger partial charge in [0.1, 0.15) is 0 Å². The van der Waals surface area contributed by atoms with Crippen LogP contribution in [-0.4, -0.2) is 16.0 Å². The second-order valence-electron chi connectivity index (χ2n) is 3.13. The summed E-state index contributed by atoms with van der Waals surface area (Å²) >= 11 is -0.859. The first-order valence-corrected chi connectivity index (χ1v) is 5.83. The zero-order chi connectivity index (χ0) is 13.4. The number of hydrogen-bond acceptors (Lipinski definition) is 2. The van der Waals surface area contributed by atoms with Crippen molar-refractivity contribution < 1.29 is 26.3 Å². The molecule has 1 rings (SSSR count). The molecule has 0 aromatic carbocycles. The number of thioether (sulfide) groups is 2. The third-order valence-corrected chi connectivity index (χ3v) is 3.65. The van der Waals surface area contributed by atoms with E-state index in [9.17, 15) is 26.3 Å². The maximum absolute atomic E-state index is 12.2. The Morgan fingerprint density at radius 1 is 0.882 bits per heavy atom. The molecule has 0 unspecified atom stereocenters. The van der Waals surface area contributed by atoms with Crippen LogP contribution in [0, 0.1) is 13.8 Å². The van der Waals surface area contributed by atoms with E-state index in [1.54, 1.807) is 0 Å². The van der Waals surface area contributed by atoms with E-state index in [2.05, 4.69) is 4.98 Å². The molecule has 0 saturated carbocycles. The highest BCUT2D eigenvalue weighted by atomic mass is 32.2. The molecule has 17 heavy (non-hydrogen) atoms. The van der Waals surface area contributed by atoms with Crippen LogP contribution < -0.4 is 0 Å². The van der Waals surface area contributed by atoms with Gasteiger partial charge in [0, 0.05) is 22.4 Å². The molecule has 0 fully saturated rings. The first-order valence-electron chi connectivity index (χ1n) is 4.20. The molecule has 0 amide bonds. The summed E-state index contributed by atoms with van der Waals surface area (Å²) in [5.41, 5.74) is -9.00. The van der Waals surface area contributed by atoms with Crippen molar-refractivity contribution in [3.8, 4) is 0 Å². The van der Waals surface area contributed by atoms with E-state index in [0.717, 1.165) is 0 Å². The maximum Gasteiger partial charge on any atom is 0.447 e. The Kier molecular flexibility index (Phi) is 4.02. The number of H-pyrrole nitrogens is 1. The molecule has 0 aliphatic carbocycles. The van der Waals surface area contributed by atoms with Crippen LogP contribution in [-0.2, 0) is 0 Å². The fourth-order valence-electron chi connectivity index (χ4n) is 1.19. The molecular weight excluding hydrogens is 288 g/mol. The first kappa shape index (κ1) is 14.6. The van der Waals surface area contributed by atoms with Gasteiger partial charge in [-0.3, -0.25) is 0 Å². The number of nitrogens with one attached hydrogen (secondary N) is 1. The minimum absolute atomic E-state index is 0.0350. The molecule has 1 heterocycles. The molecule has 1 aromatic heterocycles. The zero-order valence-electron chi connectivity index (χ0n) is 8.58. The maximum atomic E-state index is 12.2. The fraction of sp³-hybridized carbons (Fsp3) is 0.500.